The average molecular weight is 333 g/mol. The monoisotopic (exact) mass is 333 g/mol. The second kappa shape index (κ2) is 6.26. The summed E-state index contributed by atoms with van der Waals surface area (Å²) in [6.45, 7) is 3.13. The van der Waals surface area contributed by atoms with E-state index in [9.17, 15) is 13.2 Å². The third-order valence-electron chi connectivity index (χ3n) is 3.43. The van der Waals surface area contributed by atoms with Crippen molar-refractivity contribution in [2.24, 2.45) is 0 Å². The number of carbonyl (C=O) groups excluding carboxylic acids is 1. The molecule has 1 aliphatic rings. The molecule has 2 heterocycles. The molecule has 8 nitrogen and oxygen atoms in total. The lowest BCUT2D eigenvalue weighted by Gasteiger charge is -2.33. The second-order valence-electron chi connectivity index (χ2n) is 4.62. The highest BCUT2D eigenvalue weighted by atomic mass is 32.2. The number of hydrogen-bond donors (Lipinski definition) is 2. The standard InChI is InChI=1S/C11H19N5O3S2/c1-8-9(10(12-2)20-14-8)11(17)15-4-6-16(7-5-15)21(18,19)13-3/h12-13H,4-7H2,1-3H3. The molecule has 1 amide bonds. The summed E-state index contributed by atoms with van der Waals surface area (Å²) in [7, 11) is -0.290. The maximum Gasteiger partial charge on any atom is 0.279 e. The van der Waals surface area contributed by atoms with Crippen LogP contribution in [0, 0.1) is 6.92 Å². The van der Waals surface area contributed by atoms with E-state index in [1.807, 2.05) is 0 Å². The van der Waals surface area contributed by atoms with Crippen molar-refractivity contribution in [1.82, 2.24) is 18.3 Å². The van der Waals surface area contributed by atoms with Crippen LogP contribution >= 0.6 is 11.5 Å². The molecule has 0 aliphatic carbocycles. The molecule has 0 saturated carbocycles. The highest BCUT2D eigenvalue weighted by Crippen LogP contribution is 2.25. The molecule has 0 unspecified atom stereocenters. The van der Waals surface area contributed by atoms with Crippen molar-refractivity contribution in [3.63, 3.8) is 0 Å². The molecule has 0 radical (unpaired) electrons. The Balaban J connectivity index is 2.09. The summed E-state index contributed by atoms with van der Waals surface area (Å²) in [5, 5.41) is 3.71. The lowest BCUT2D eigenvalue weighted by molar-refractivity contribution is 0.0697. The molecule has 10 heteroatoms. The quantitative estimate of drug-likeness (QED) is 0.790. The maximum atomic E-state index is 12.6. The minimum atomic E-state index is -3.42. The van der Waals surface area contributed by atoms with Crippen LogP contribution in [0.1, 0.15) is 16.1 Å². The molecule has 0 atom stereocenters. The fraction of sp³-hybridized carbons (Fsp3) is 0.636. The van der Waals surface area contributed by atoms with Crippen molar-refractivity contribution in [3.05, 3.63) is 11.3 Å². The van der Waals surface area contributed by atoms with Crippen LogP contribution in [0.5, 0.6) is 0 Å². The summed E-state index contributed by atoms with van der Waals surface area (Å²) >= 11 is 1.25. The van der Waals surface area contributed by atoms with Crippen LogP contribution in [0.15, 0.2) is 0 Å². The van der Waals surface area contributed by atoms with Crippen molar-refractivity contribution >= 4 is 32.7 Å². The van der Waals surface area contributed by atoms with Crippen molar-refractivity contribution in [2.45, 2.75) is 6.92 Å². The van der Waals surface area contributed by atoms with Gasteiger partial charge >= 0.3 is 0 Å². The van der Waals surface area contributed by atoms with Crippen LogP contribution in [0.4, 0.5) is 5.00 Å². The van der Waals surface area contributed by atoms with Gasteiger partial charge < -0.3 is 10.2 Å². The molecule has 1 aliphatic heterocycles. The molecular weight excluding hydrogens is 314 g/mol. The predicted molar refractivity (Wildman–Crippen MR) is 81.9 cm³/mol. The van der Waals surface area contributed by atoms with Gasteiger partial charge in [0.2, 0.25) is 0 Å². The largest absolute Gasteiger partial charge is 0.378 e. The van der Waals surface area contributed by atoms with Crippen LogP contribution in [-0.4, -0.2) is 68.2 Å². The smallest absolute Gasteiger partial charge is 0.279 e. The summed E-state index contributed by atoms with van der Waals surface area (Å²) in [4.78, 5) is 14.2. The minimum absolute atomic E-state index is 0.105. The van der Waals surface area contributed by atoms with Gasteiger partial charge in [0.25, 0.3) is 16.1 Å². The maximum absolute atomic E-state index is 12.6. The predicted octanol–water partition coefficient (Wildman–Crippen LogP) is -0.285. The number of piperazine rings is 1. The topological polar surface area (TPSA) is 94.6 Å². The first-order chi connectivity index (χ1) is 9.90. The highest BCUT2D eigenvalue weighted by molar-refractivity contribution is 7.87. The van der Waals surface area contributed by atoms with E-state index in [4.69, 9.17) is 0 Å². The minimum Gasteiger partial charge on any atom is -0.378 e. The molecule has 1 aromatic rings. The molecule has 1 fully saturated rings. The van der Waals surface area contributed by atoms with Gasteiger partial charge in [0.1, 0.15) is 5.00 Å². The fourth-order valence-electron chi connectivity index (χ4n) is 2.21. The molecule has 0 bridgehead atoms. The van der Waals surface area contributed by atoms with Crippen molar-refractivity contribution < 1.29 is 13.2 Å². The zero-order valence-corrected chi connectivity index (χ0v) is 13.8. The third-order valence-corrected chi connectivity index (χ3v) is 5.94. The number of nitrogens with one attached hydrogen (secondary N) is 2. The lowest BCUT2D eigenvalue weighted by atomic mass is 10.2. The van der Waals surface area contributed by atoms with E-state index < -0.39 is 10.2 Å². The summed E-state index contributed by atoms with van der Waals surface area (Å²) in [6.07, 6.45) is 0. The molecule has 21 heavy (non-hydrogen) atoms. The van der Waals surface area contributed by atoms with E-state index >= 15 is 0 Å². The number of rotatable bonds is 4. The van der Waals surface area contributed by atoms with Crippen molar-refractivity contribution in [2.75, 3.05) is 45.6 Å². The van der Waals surface area contributed by atoms with Gasteiger partial charge in [0.15, 0.2) is 0 Å². The summed E-state index contributed by atoms with van der Waals surface area (Å²) < 4.78 is 31.2. The second-order valence-corrected chi connectivity index (χ2v) is 7.27. The Hall–Kier alpha value is -1.23. The summed E-state index contributed by atoms with van der Waals surface area (Å²) in [5.41, 5.74) is 1.27. The number of aryl methyl sites for hydroxylation is 1. The Morgan fingerprint density at radius 3 is 2.38 bits per heavy atom. The first-order valence-corrected chi connectivity index (χ1v) is 8.74. The summed E-state index contributed by atoms with van der Waals surface area (Å²) in [5.74, 6) is -0.105. The van der Waals surface area contributed by atoms with Crippen LogP contribution in [-0.2, 0) is 10.2 Å². The van der Waals surface area contributed by atoms with Crippen LogP contribution in [0.25, 0.3) is 0 Å². The Labute approximate surface area is 128 Å². The van der Waals surface area contributed by atoms with Gasteiger partial charge in [0, 0.05) is 40.3 Å². The number of amides is 1. The number of anilines is 1. The van der Waals surface area contributed by atoms with E-state index in [1.54, 1.807) is 18.9 Å². The van der Waals surface area contributed by atoms with E-state index in [2.05, 4.69) is 14.4 Å². The van der Waals surface area contributed by atoms with Crippen molar-refractivity contribution in [1.29, 1.82) is 0 Å². The molecular formula is C11H19N5O3S2. The lowest BCUT2D eigenvalue weighted by Crippen LogP contribution is -2.52. The summed E-state index contributed by atoms with van der Waals surface area (Å²) in [6, 6.07) is 0. The zero-order chi connectivity index (χ0) is 15.6. The first-order valence-electron chi connectivity index (χ1n) is 6.52. The Morgan fingerprint density at radius 2 is 1.86 bits per heavy atom. The number of aromatic nitrogens is 1. The van der Waals surface area contributed by atoms with E-state index in [0.717, 1.165) is 5.00 Å². The van der Waals surface area contributed by atoms with Crippen LogP contribution in [0.3, 0.4) is 0 Å². The molecule has 118 valence electrons. The highest BCUT2D eigenvalue weighted by Gasteiger charge is 2.30. The van der Waals surface area contributed by atoms with Gasteiger partial charge in [-0.1, -0.05) is 0 Å². The molecule has 0 spiro atoms. The molecule has 1 aromatic heterocycles. The molecule has 2 rings (SSSR count). The zero-order valence-electron chi connectivity index (χ0n) is 12.2. The van der Waals surface area contributed by atoms with E-state index in [1.165, 1.54) is 22.9 Å². The van der Waals surface area contributed by atoms with Gasteiger partial charge in [0.05, 0.1) is 11.3 Å². The van der Waals surface area contributed by atoms with E-state index in [-0.39, 0.29) is 5.91 Å². The normalized spacial score (nSPS) is 17.0. The van der Waals surface area contributed by atoms with Gasteiger partial charge in [-0.2, -0.15) is 17.1 Å². The Bertz CT molecular complexity index is 620. The number of hydrogen-bond acceptors (Lipinski definition) is 6. The van der Waals surface area contributed by atoms with Gasteiger partial charge in [-0.05, 0) is 18.5 Å². The van der Waals surface area contributed by atoms with Crippen LogP contribution < -0.4 is 10.0 Å². The number of carbonyl (C=O) groups is 1. The van der Waals surface area contributed by atoms with Crippen LogP contribution in [0.2, 0.25) is 0 Å². The Morgan fingerprint density at radius 1 is 1.24 bits per heavy atom. The van der Waals surface area contributed by atoms with E-state index in [0.29, 0.717) is 37.4 Å². The fourth-order valence-corrected chi connectivity index (χ4v) is 3.85. The van der Waals surface area contributed by atoms with Crippen molar-refractivity contribution in [3.8, 4) is 0 Å². The molecule has 0 aromatic carbocycles. The Kier molecular flexibility index (Phi) is 4.81. The molecule has 1 saturated heterocycles. The van der Waals surface area contributed by atoms with Gasteiger partial charge in [-0.25, -0.2) is 4.72 Å². The third kappa shape index (κ3) is 3.18. The van der Waals surface area contributed by atoms with Gasteiger partial charge in [-0.3, -0.25) is 4.79 Å². The average Bonchev–Trinajstić information content (AvgIpc) is 2.87. The first kappa shape index (κ1) is 16.1. The molecule has 2 N–H and O–H groups in total. The SMILES string of the molecule is CNc1snc(C)c1C(=O)N1CCN(S(=O)(=O)NC)CC1. The number of nitrogens with zero attached hydrogens (tertiary/aromatic N) is 3. The van der Waals surface area contributed by atoms with Gasteiger partial charge in [-0.15, -0.1) is 0 Å².